The number of nitrogens with zero attached hydrogens (tertiary/aromatic N) is 1. The highest BCUT2D eigenvalue weighted by Gasteiger charge is 2.26. The molecule has 2 atom stereocenters. The van der Waals surface area contributed by atoms with E-state index in [0.29, 0.717) is 6.54 Å². The lowest BCUT2D eigenvalue weighted by molar-refractivity contribution is -0.124. The van der Waals surface area contributed by atoms with Gasteiger partial charge in [0.25, 0.3) is 0 Å². The zero-order chi connectivity index (χ0) is 21.3. The molecule has 0 fully saturated rings. The molecule has 3 rings (SSSR count). The van der Waals surface area contributed by atoms with Gasteiger partial charge in [0, 0.05) is 31.1 Å². The Labute approximate surface area is 182 Å². The maximum atomic E-state index is 12.8. The van der Waals surface area contributed by atoms with E-state index in [1.807, 2.05) is 55.5 Å². The van der Waals surface area contributed by atoms with E-state index in [9.17, 15) is 9.59 Å². The van der Waals surface area contributed by atoms with Crippen molar-refractivity contribution in [2.75, 3.05) is 19.6 Å². The summed E-state index contributed by atoms with van der Waals surface area (Å²) < 4.78 is 5.29. The second-order valence-corrected chi connectivity index (χ2v) is 8.76. The molecule has 1 aliphatic heterocycles. The summed E-state index contributed by atoms with van der Waals surface area (Å²) in [5.74, 6) is -0.146. The number of hydrogen-bond donors (Lipinski definition) is 2. The van der Waals surface area contributed by atoms with Crippen LogP contribution in [-0.2, 0) is 29.1 Å². The van der Waals surface area contributed by atoms with Crippen LogP contribution in [0.25, 0.3) is 0 Å². The zero-order valence-corrected chi connectivity index (χ0v) is 18.5. The first-order valence-electron chi connectivity index (χ1n) is 10.6. The highest BCUT2D eigenvalue weighted by molar-refractivity contribution is 7.10. The molecule has 1 aliphatic rings. The number of benzene rings is 1. The summed E-state index contributed by atoms with van der Waals surface area (Å²) in [7, 11) is 0. The lowest BCUT2D eigenvalue weighted by atomic mass is 9.98. The van der Waals surface area contributed by atoms with Gasteiger partial charge in [-0.2, -0.15) is 0 Å². The van der Waals surface area contributed by atoms with Crippen molar-refractivity contribution in [3.8, 4) is 0 Å². The van der Waals surface area contributed by atoms with Crippen LogP contribution in [0.4, 0.5) is 4.79 Å². The van der Waals surface area contributed by atoms with Crippen LogP contribution >= 0.6 is 11.3 Å². The second-order valence-electron chi connectivity index (χ2n) is 7.76. The van der Waals surface area contributed by atoms with Gasteiger partial charge in [0.15, 0.2) is 0 Å². The van der Waals surface area contributed by atoms with Crippen molar-refractivity contribution >= 4 is 23.3 Å². The number of fused-ring (bicyclic) bond motifs is 1. The lowest BCUT2D eigenvalue weighted by Crippen LogP contribution is -2.51. The molecule has 0 saturated heterocycles. The first-order chi connectivity index (χ1) is 14.6. The zero-order valence-electron chi connectivity index (χ0n) is 17.7. The number of amides is 2. The summed E-state index contributed by atoms with van der Waals surface area (Å²) in [5, 5.41) is 7.89. The standard InChI is InChI=1S/C23H31N3O3S/c1-3-17(2)21(25-23(28)29-16-18-7-5-4-6-8-18)22(27)24-11-13-26-12-9-20-19(15-26)10-14-30-20/h4-8,10,14,17,21H,3,9,11-13,15-16H2,1-2H3,(H,24,27)(H,25,28)/t17-,21-/m0/s1. The minimum Gasteiger partial charge on any atom is -0.445 e. The number of alkyl carbamates (subject to hydrolysis) is 1. The molecule has 0 spiro atoms. The largest absolute Gasteiger partial charge is 0.445 e. The molecule has 2 heterocycles. The lowest BCUT2D eigenvalue weighted by Gasteiger charge is -2.28. The van der Waals surface area contributed by atoms with Crippen LogP contribution in [-0.4, -0.2) is 42.6 Å². The van der Waals surface area contributed by atoms with Crippen molar-refractivity contribution in [1.29, 1.82) is 0 Å². The molecule has 0 bridgehead atoms. The number of carbonyl (C=O) groups is 2. The summed E-state index contributed by atoms with van der Waals surface area (Å²) >= 11 is 1.83. The summed E-state index contributed by atoms with van der Waals surface area (Å²) in [6.45, 7) is 7.47. The summed E-state index contributed by atoms with van der Waals surface area (Å²) in [6.07, 6.45) is 1.29. The Morgan fingerprint density at radius 1 is 1.23 bits per heavy atom. The minimum atomic E-state index is -0.608. The van der Waals surface area contributed by atoms with Gasteiger partial charge in [0.05, 0.1) is 0 Å². The van der Waals surface area contributed by atoms with Crippen LogP contribution in [0.1, 0.15) is 36.3 Å². The van der Waals surface area contributed by atoms with E-state index in [1.165, 1.54) is 10.4 Å². The molecule has 1 aromatic carbocycles. The van der Waals surface area contributed by atoms with Crippen LogP contribution in [0.2, 0.25) is 0 Å². The number of ether oxygens (including phenoxy) is 1. The Balaban J connectivity index is 1.44. The van der Waals surface area contributed by atoms with Gasteiger partial charge in [-0.15, -0.1) is 11.3 Å². The van der Waals surface area contributed by atoms with Crippen molar-refractivity contribution in [1.82, 2.24) is 15.5 Å². The van der Waals surface area contributed by atoms with Crippen LogP contribution in [0, 0.1) is 5.92 Å². The Hall–Kier alpha value is -2.38. The van der Waals surface area contributed by atoms with Gasteiger partial charge < -0.3 is 15.4 Å². The van der Waals surface area contributed by atoms with Crippen molar-refractivity contribution in [2.24, 2.45) is 5.92 Å². The van der Waals surface area contributed by atoms with Gasteiger partial charge in [0.2, 0.25) is 5.91 Å². The van der Waals surface area contributed by atoms with Gasteiger partial charge in [-0.3, -0.25) is 9.69 Å². The number of carbonyl (C=O) groups excluding carboxylic acids is 2. The Morgan fingerprint density at radius 2 is 2.03 bits per heavy atom. The van der Waals surface area contributed by atoms with E-state index in [2.05, 4.69) is 27.0 Å². The van der Waals surface area contributed by atoms with E-state index >= 15 is 0 Å². The van der Waals surface area contributed by atoms with E-state index in [-0.39, 0.29) is 18.4 Å². The molecule has 0 aliphatic carbocycles. The average molecular weight is 430 g/mol. The van der Waals surface area contributed by atoms with Gasteiger partial charge in [0.1, 0.15) is 12.6 Å². The molecule has 30 heavy (non-hydrogen) atoms. The van der Waals surface area contributed by atoms with Crippen molar-refractivity contribution in [3.63, 3.8) is 0 Å². The van der Waals surface area contributed by atoms with Crippen LogP contribution < -0.4 is 10.6 Å². The Bertz CT molecular complexity index is 824. The quantitative estimate of drug-likeness (QED) is 0.639. The summed E-state index contributed by atoms with van der Waals surface area (Å²) in [6, 6.07) is 11.1. The highest BCUT2D eigenvalue weighted by atomic mass is 32.1. The van der Waals surface area contributed by atoms with E-state index in [1.54, 1.807) is 0 Å². The van der Waals surface area contributed by atoms with Crippen molar-refractivity contribution in [2.45, 2.75) is 45.9 Å². The van der Waals surface area contributed by atoms with Crippen LogP contribution in [0.3, 0.4) is 0 Å². The first kappa shape index (κ1) is 22.3. The summed E-state index contributed by atoms with van der Waals surface area (Å²) in [4.78, 5) is 28.8. The van der Waals surface area contributed by atoms with E-state index in [0.717, 1.165) is 38.0 Å². The molecule has 2 N–H and O–H groups in total. The van der Waals surface area contributed by atoms with Gasteiger partial charge in [-0.25, -0.2) is 4.79 Å². The molecular weight excluding hydrogens is 398 g/mol. The summed E-state index contributed by atoms with van der Waals surface area (Å²) in [5.41, 5.74) is 2.31. The number of thiophene rings is 1. The first-order valence-corrected chi connectivity index (χ1v) is 11.5. The van der Waals surface area contributed by atoms with Crippen LogP contribution in [0.15, 0.2) is 41.8 Å². The molecule has 0 unspecified atom stereocenters. The third-order valence-electron chi connectivity index (χ3n) is 5.60. The SMILES string of the molecule is CC[C@H](C)[C@H](NC(=O)OCc1ccccc1)C(=O)NCCN1CCc2sccc2C1. The van der Waals surface area contributed by atoms with Gasteiger partial charge >= 0.3 is 6.09 Å². The normalized spacial score (nSPS) is 15.7. The fraction of sp³-hybridized carbons (Fsp3) is 0.478. The number of hydrogen-bond acceptors (Lipinski definition) is 5. The van der Waals surface area contributed by atoms with Gasteiger partial charge in [-0.05, 0) is 34.9 Å². The molecule has 2 aromatic rings. The maximum absolute atomic E-state index is 12.8. The predicted octanol–water partition coefficient (Wildman–Crippen LogP) is 3.56. The molecule has 162 valence electrons. The minimum absolute atomic E-state index is 0.0117. The highest BCUT2D eigenvalue weighted by Crippen LogP contribution is 2.23. The number of rotatable bonds is 9. The predicted molar refractivity (Wildman–Crippen MR) is 119 cm³/mol. The molecule has 1 aromatic heterocycles. The molecule has 0 saturated carbocycles. The monoisotopic (exact) mass is 429 g/mol. The second kappa shape index (κ2) is 11.1. The van der Waals surface area contributed by atoms with Crippen LogP contribution in [0.5, 0.6) is 0 Å². The number of nitrogens with one attached hydrogen (secondary N) is 2. The average Bonchev–Trinajstić information content (AvgIpc) is 3.24. The smallest absolute Gasteiger partial charge is 0.408 e. The fourth-order valence-corrected chi connectivity index (χ4v) is 4.43. The Kier molecular flexibility index (Phi) is 8.28. The van der Waals surface area contributed by atoms with Gasteiger partial charge in [-0.1, -0.05) is 50.6 Å². The maximum Gasteiger partial charge on any atom is 0.408 e. The van der Waals surface area contributed by atoms with Crippen molar-refractivity contribution in [3.05, 3.63) is 57.8 Å². The fourth-order valence-electron chi connectivity index (χ4n) is 3.54. The third-order valence-corrected chi connectivity index (χ3v) is 6.62. The molecular formula is C23H31N3O3S. The van der Waals surface area contributed by atoms with Crippen molar-refractivity contribution < 1.29 is 14.3 Å². The third kappa shape index (κ3) is 6.31. The topological polar surface area (TPSA) is 70.7 Å². The molecule has 0 radical (unpaired) electrons. The molecule has 6 nitrogen and oxygen atoms in total. The van der Waals surface area contributed by atoms with E-state index < -0.39 is 12.1 Å². The molecule has 2 amide bonds. The van der Waals surface area contributed by atoms with E-state index in [4.69, 9.17) is 4.74 Å². The molecule has 7 heteroatoms. The Morgan fingerprint density at radius 3 is 2.80 bits per heavy atom.